The van der Waals surface area contributed by atoms with Gasteiger partial charge >= 0.3 is 0 Å². The first-order valence-corrected chi connectivity index (χ1v) is 7.52. The van der Waals surface area contributed by atoms with Gasteiger partial charge in [0.15, 0.2) is 0 Å². The average Bonchev–Trinajstić information content (AvgIpc) is 2.90. The molecular formula is C14H18BrN3O3. The van der Waals surface area contributed by atoms with Crippen molar-refractivity contribution in [1.29, 1.82) is 0 Å². The van der Waals surface area contributed by atoms with E-state index in [1.54, 1.807) is 18.2 Å². The third-order valence-electron chi connectivity index (χ3n) is 3.21. The van der Waals surface area contributed by atoms with Crippen molar-refractivity contribution < 1.29 is 14.3 Å². The molecule has 0 radical (unpaired) electrons. The fourth-order valence-corrected chi connectivity index (χ4v) is 2.56. The van der Waals surface area contributed by atoms with Crippen LogP contribution >= 0.6 is 15.9 Å². The van der Waals surface area contributed by atoms with Crippen molar-refractivity contribution in [2.75, 3.05) is 17.2 Å². The van der Waals surface area contributed by atoms with Crippen LogP contribution in [0.3, 0.4) is 0 Å². The van der Waals surface area contributed by atoms with E-state index in [1.165, 1.54) is 6.92 Å². The highest BCUT2D eigenvalue weighted by atomic mass is 79.9. The molecule has 2 rings (SSSR count). The standard InChI is InChI=1S/C14H18BrN3O3/c1-8(19)17-11-4-2-9(15)6-12(11)18-14(20)13-5-3-10(7-16)21-13/h2,4,6,10,13H,3,5,7,16H2,1H3,(H,17,19)(H,18,20)/t10-,13+/m1/s1. The van der Waals surface area contributed by atoms with Crippen molar-refractivity contribution in [3.63, 3.8) is 0 Å². The predicted molar refractivity (Wildman–Crippen MR) is 84.0 cm³/mol. The number of ether oxygens (including phenoxy) is 1. The van der Waals surface area contributed by atoms with E-state index in [2.05, 4.69) is 26.6 Å². The number of rotatable bonds is 4. The highest BCUT2D eigenvalue weighted by Gasteiger charge is 2.30. The van der Waals surface area contributed by atoms with Crippen LogP contribution in [0.25, 0.3) is 0 Å². The second kappa shape index (κ2) is 7.02. The molecule has 1 saturated heterocycles. The van der Waals surface area contributed by atoms with Gasteiger partial charge in [-0.3, -0.25) is 9.59 Å². The normalized spacial score (nSPS) is 21.1. The molecule has 6 nitrogen and oxygen atoms in total. The lowest BCUT2D eigenvalue weighted by Crippen LogP contribution is -2.30. The zero-order chi connectivity index (χ0) is 15.4. The molecule has 1 aliphatic heterocycles. The minimum absolute atomic E-state index is 0.0573. The Morgan fingerprint density at radius 3 is 2.71 bits per heavy atom. The maximum atomic E-state index is 12.2. The van der Waals surface area contributed by atoms with E-state index in [0.29, 0.717) is 24.3 Å². The average molecular weight is 356 g/mol. The Hall–Kier alpha value is -1.44. The molecule has 1 aliphatic rings. The van der Waals surface area contributed by atoms with Gasteiger partial charge in [0.2, 0.25) is 5.91 Å². The van der Waals surface area contributed by atoms with E-state index < -0.39 is 6.10 Å². The molecule has 1 heterocycles. The van der Waals surface area contributed by atoms with Crippen molar-refractivity contribution in [1.82, 2.24) is 0 Å². The summed E-state index contributed by atoms with van der Waals surface area (Å²) >= 11 is 3.34. The summed E-state index contributed by atoms with van der Waals surface area (Å²) in [6.07, 6.45) is 0.879. The predicted octanol–water partition coefficient (Wildman–Crippen LogP) is 1.85. The van der Waals surface area contributed by atoms with E-state index >= 15 is 0 Å². The third-order valence-corrected chi connectivity index (χ3v) is 3.71. The van der Waals surface area contributed by atoms with Crippen LogP contribution in [-0.2, 0) is 14.3 Å². The molecular weight excluding hydrogens is 338 g/mol. The summed E-state index contributed by atoms with van der Waals surface area (Å²) < 4.78 is 6.36. The number of hydrogen-bond donors (Lipinski definition) is 3. The van der Waals surface area contributed by atoms with Crippen molar-refractivity contribution in [3.05, 3.63) is 22.7 Å². The van der Waals surface area contributed by atoms with Crippen LogP contribution < -0.4 is 16.4 Å². The summed E-state index contributed by atoms with van der Waals surface area (Å²) in [5.41, 5.74) is 6.62. The molecule has 2 amide bonds. The van der Waals surface area contributed by atoms with E-state index in [1.807, 2.05) is 0 Å². The second-order valence-electron chi connectivity index (χ2n) is 4.92. The van der Waals surface area contributed by atoms with Gasteiger partial charge in [-0.1, -0.05) is 15.9 Å². The Balaban J connectivity index is 2.09. The number of nitrogens with one attached hydrogen (secondary N) is 2. The smallest absolute Gasteiger partial charge is 0.253 e. The van der Waals surface area contributed by atoms with E-state index in [9.17, 15) is 9.59 Å². The van der Waals surface area contributed by atoms with Crippen LogP contribution in [-0.4, -0.2) is 30.6 Å². The number of amides is 2. The minimum Gasteiger partial charge on any atom is -0.364 e. The molecule has 0 spiro atoms. The van der Waals surface area contributed by atoms with Gasteiger partial charge < -0.3 is 21.1 Å². The van der Waals surface area contributed by atoms with Crippen LogP contribution in [0, 0.1) is 0 Å². The number of carbonyl (C=O) groups excluding carboxylic acids is 2. The van der Waals surface area contributed by atoms with Gasteiger partial charge in [0.05, 0.1) is 17.5 Å². The molecule has 114 valence electrons. The fourth-order valence-electron chi connectivity index (χ4n) is 2.20. The molecule has 1 aromatic rings. The highest BCUT2D eigenvalue weighted by molar-refractivity contribution is 9.10. The monoisotopic (exact) mass is 355 g/mol. The maximum Gasteiger partial charge on any atom is 0.253 e. The van der Waals surface area contributed by atoms with Crippen LogP contribution in [0.1, 0.15) is 19.8 Å². The summed E-state index contributed by atoms with van der Waals surface area (Å²) in [4.78, 5) is 23.4. The lowest BCUT2D eigenvalue weighted by atomic mass is 10.2. The largest absolute Gasteiger partial charge is 0.364 e. The molecule has 7 heteroatoms. The van der Waals surface area contributed by atoms with Crippen molar-refractivity contribution in [3.8, 4) is 0 Å². The van der Waals surface area contributed by atoms with Crippen molar-refractivity contribution in [2.45, 2.75) is 32.0 Å². The van der Waals surface area contributed by atoms with Gasteiger partial charge in [-0.15, -0.1) is 0 Å². The first-order chi connectivity index (χ1) is 9.99. The van der Waals surface area contributed by atoms with Gasteiger partial charge in [0.25, 0.3) is 5.91 Å². The zero-order valence-corrected chi connectivity index (χ0v) is 13.3. The van der Waals surface area contributed by atoms with Gasteiger partial charge in [-0.25, -0.2) is 0 Å². The van der Waals surface area contributed by atoms with Gasteiger partial charge in [-0.2, -0.15) is 0 Å². The Labute approximate surface area is 131 Å². The van der Waals surface area contributed by atoms with Gasteiger partial charge in [0, 0.05) is 17.9 Å². The second-order valence-corrected chi connectivity index (χ2v) is 5.84. The van der Waals surface area contributed by atoms with Gasteiger partial charge in [-0.05, 0) is 31.0 Å². The lowest BCUT2D eigenvalue weighted by molar-refractivity contribution is -0.126. The SMILES string of the molecule is CC(=O)Nc1ccc(Br)cc1NC(=O)[C@@H]1CC[C@H](CN)O1. The number of hydrogen-bond acceptors (Lipinski definition) is 4. The molecule has 0 saturated carbocycles. The lowest BCUT2D eigenvalue weighted by Gasteiger charge is -2.15. The van der Waals surface area contributed by atoms with Crippen LogP contribution in [0.4, 0.5) is 11.4 Å². The Morgan fingerprint density at radius 1 is 1.33 bits per heavy atom. The number of benzene rings is 1. The molecule has 21 heavy (non-hydrogen) atoms. The molecule has 0 unspecified atom stereocenters. The first kappa shape index (κ1) is 15.9. The summed E-state index contributed by atoms with van der Waals surface area (Å²) in [5.74, 6) is -0.427. The molecule has 4 N–H and O–H groups in total. The summed E-state index contributed by atoms with van der Waals surface area (Å²) in [7, 11) is 0. The maximum absolute atomic E-state index is 12.2. The number of halogens is 1. The van der Waals surface area contributed by atoms with Crippen molar-refractivity contribution >= 4 is 39.1 Å². The Bertz CT molecular complexity index is 550. The number of carbonyl (C=O) groups is 2. The molecule has 0 aliphatic carbocycles. The van der Waals surface area contributed by atoms with Crippen LogP contribution in [0.5, 0.6) is 0 Å². The molecule has 1 fully saturated rings. The first-order valence-electron chi connectivity index (χ1n) is 6.73. The quantitative estimate of drug-likeness (QED) is 0.768. The summed E-state index contributed by atoms with van der Waals surface area (Å²) in [6, 6.07) is 5.25. The Kier molecular flexibility index (Phi) is 5.33. The molecule has 0 bridgehead atoms. The highest BCUT2D eigenvalue weighted by Crippen LogP contribution is 2.27. The zero-order valence-electron chi connectivity index (χ0n) is 11.7. The van der Waals surface area contributed by atoms with Gasteiger partial charge in [0.1, 0.15) is 6.10 Å². The van der Waals surface area contributed by atoms with Crippen molar-refractivity contribution in [2.24, 2.45) is 5.73 Å². The van der Waals surface area contributed by atoms with E-state index in [0.717, 1.165) is 10.9 Å². The van der Waals surface area contributed by atoms with E-state index in [4.69, 9.17) is 10.5 Å². The Morgan fingerprint density at radius 2 is 2.10 bits per heavy atom. The van der Waals surface area contributed by atoms with E-state index in [-0.39, 0.29) is 17.9 Å². The van der Waals surface area contributed by atoms with Crippen LogP contribution in [0.15, 0.2) is 22.7 Å². The fraction of sp³-hybridized carbons (Fsp3) is 0.429. The summed E-state index contributed by atoms with van der Waals surface area (Å²) in [5, 5.41) is 5.48. The molecule has 2 atom stereocenters. The summed E-state index contributed by atoms with van der Waals surface area (Å²) in [6.45, 7) is 1.83. The molecule has 1 aromatic carbocycles. The number of nitrogens with two attached hydrogens (primary N) is 1. The third kappa shape index (κ3) is 4.26. The topological polar surface area (TPSA) is 93.5 Å². The number of anilines is 2. The minimum atomic E-state index is -0.497. The molecule has 0 aromatic heterocycles. The van der Waals surface area contributed by atoms with Crippen LogP contribution in [0.2, 0.25) is 0 Å².